The molecule has 0 aliphatic rings. The van der Waals surface area contributed by atoms with Gasteiger partial charge in [0.1, 0.15) is 11.5 Å². The van der Waals surface area contributed by atoms with Gasteiger partial charge < -0.3 is 9.84 Å². The zero-order chi connectivity index (χ0) is 14.8. The Kier molecular flexibility index (Phi) is 3.99. The lowest BCUT2D eigenvalue weighted by Crippen LogP contribution is -2.09. The van der Waals surface area contributed by atoms with Gasteiger partial charge in [0.2, 0.25) is 0 Å². The van der Waals surface area contributed by atoms with Gasteiger partial charge in [-0.1, -0.05) is 24.3 Å². The summed E-state index contributed by atoms with van der Waals surface area (Å²) in [4.78, 5) is 0. The first-order valence-electron chi connectivity index (χ1n) is 5.96. The van der Waals surface area contributed by atoms with Crippen LogP contribution in [0, 0.1) is 6.92 Å². The number of aryl methyl sites for hydroxylation is 1. The molecule has 0 atom stereocenters. The van der Waals surface area contributed by atoms with Crippen molar-refractivity contribution < 1.29 is 23.0 Å². The van der Waals surface area contributed by atoms with Crippen LogP contribution in [0.15, 0.2) is 42.5 Å². The van der Waals surface area contributed by atoms with Crippen LogP contribution >= 0.6 is 0 Å². The van der Waals surface area contributed by atoms with E-state index in [2.05, 4.69) is 0 Å². The highest BCUT2D eigenvalue weighted by Gasteiger charge is 2.33. The smallest absolute Gasteiger partial charge is 0.416 e. The summed E-state index contributed by atoms with van der Waals surface area (Å²) in [6, 6.07) is 10.6. The van der Waals surface area contributed by atoms with Gasteiger partial charge in [-0.25, -0.2) is 0 Å². The average Bonchev–Trinajstić information content (AvgIpc) is 2.40. The second-order valence-electron chi connectivity index (χ2n) is 4.34. The van der Waals surface area contributed by atoms with E-state index in [0.717, 1.165) is 11.6 Å². The summed E-state index contributed by atoms with van der Waals surface area (Å²) in [5.41, 5.74) is -0.229. The number of aliphatic hydroxyl groups is 1. The monoisotopic (exact) mass is 282 g/mol. The molecule has 2 rings (SSSR count). The summed E-state index contributed by atoms with van der Waals surface area (Å²) in [6.45, 7) is 1.14. The van der Waals surface area contributed by atoms with Crippen molar-refractivity contribution in [2.24, 2.45) is 0 Å². The van der Waals surface area contributed by atoms with Crippen LogP contribution in [0.25, 0.3) is 0 Å². The highest BCUT2D eigenvalue weighted by molar-refractivity contribution is 5.41. The van der Waals surface area contributed by atoms with Gasteiger partial charge in [-0.05, 0) is 36.2 Å². The van der Waals surface area contributed by atoms with Crippen LogP contribution in [0.1, 0.15) is 16.7 Å². The minimum absolute atomic E-state index is 0.0869. The summed E-state index contributed by atoms with van der Waals surface area (Å²) >= 11 is 0. The molecule has 20 heavy (non-hydrogen) atoms. The molecule has 0 aliphatic carbocycles. The molecule has 0 heterocycles. The normalized spacial score (nSPS) is 11.4. The van der Waals surface area contributed by atoms with Crippen LogP contribution in [0.2, 0.25) is 0 Å². The number of rotatable bonds is 3. The predicted octanol–water partition coefficient (Wildman–Crippen LogP) is 4.30. The minimum atomic E-state index is -4.52. The number of ether oxygens (including phenoxy) is 1. The molecule has 106 valence electrons. The number of para-hydroxylation sites is 1. The highest BCUT2D eigenvalue weighted by Crippen LogP contribution is 2.36. The van der Waals surface area contributed by atoms with Crippen molar-refractivity contribution >= 4 is 0 Å². The van der Waals surface area contributed by atoms with Gasteiger partial charge in [-0.2, -0.15) is 13.2 Å². The Morgan fingerprint density at radius 3 is 2.40 bits per heavy atom. The molecule has 0 spiro atoms. The lowest BCUT2D eigenvalue weighted by Gasteiger charge is -2.14. The van der Waals surface area contributed by atoms with Gasteiger partial charge in [0.25, 0.3) is 0 Å². The molecule has 0 unspecified atom stereocenters. The molecule has 5 heteroatoms. The summed E-state index contributed by atoms with van der Waals surface area (Å²) in [6.07, 6.45) is -4.52. The Morgan fingerprint density at radius 2 is 1.80 bits per heavy atom. The topological polar surface area (TPSA) is 29.5 Å². The van der Waals surface area contributed by atoms with Gasteiger partial charge in [0.05, 0.1) is 12.2 Å². The lowest BCUT2D eigenvalue weighted by molar-refractivity contribution is -0.138. The molecule has 0 aliphatic heterocycles. The molecule has 0 aromatic heterocycles. The minimum Gasteiger partial charge on any atom is -0.457 e. The fraction of sp³-hybridized carbons (Fsp3) is 0.200. The molecule has 0 amide bonds. The molecule has 1 N–H and O–H groups in total. The predicted molar refractivity (Wildman–Crippen MR) is 68.6 cm³/mol. The van der Waals surface area contributed by atoms with Gasteiger partial charge in [-0.3, -0.25) is 0 Å². The van der Waals surface area contributed by atoms with Crippen molar-refractivity contribution in [1.29, 1.82) is 0 Å². The molecule has 2 aromatic rings. The maximum Gasteiger partial charge on any atom is 0.416 e. The third-order valence-corrected chi connectivity index (χ3v) is 2.88. The van der Waals surface area contributed by atoms with Crippen LogP contribution < -0.4 is 4.74 Å². The highest BCUT2D eigenvalue weighted by atomic mass is 19.4. The Hall–Kier alpha value is -2.01. The maximum absolute atomic E-state index is 12.9. The first-order chi connectivity index (χ1) is 9.41. The zero-order valence-electron chi connectivity index (χ0n) is 10.7. The van der Waals surface area contributed by atoms with Gasteiger partial charge >= 0.3 is 6.18 Å². The molecular weight excluding hydrogens is 269 g/mol. The Balaban J connectivity index is 2.37. The molecule has 0 saturated carbocycles. The van der Waals surface area contributed by atoms with Crippen molar-refractivity contribution in [3.63, 3.8) is 0 Å². The van der Waals surface area contributed by atoms with Gasteiger partial charge in [-0.15, -0.1) is 0 Å². The second-order valence-corrected chi connectivity index (χ2v) is 4.34. The van der Waals surface area contributed by atoms with Crippen LogP contribution in [0.4, 0.5) is 13.2 Å². The number of benzene rings is 2. The van der Waals surface area contributed by atoms with E-state index >= 15 is 0 Å². The summed E-state index contributed by atoms with van der Waals surface area (Å²) in [7, 11) is 0. The molecule has 2 nitrogen and oxygen atoms in total. The molecular formula is C15H13F3O2. The van der Waals surface area contributed by atoms with Crippen LogP contribution in [0.3, 0.4) is 0 Å². The summed E-state index contributed by atoms with van der Waals surface area (Å²) in [5.74, 6) is 0.584. The number of alkyl halides is 3. The van der Waals surface area contributed by atoms with Crippen LogP contribution in [0.5, 0.6) is 11.5 Å². The van der Waals surface area contributed by atoms with Gasteiger partial charge in [0.15, 0.2) is 0 Å². The Morgan fingerprint density at radius 1 is 1.10 bits per heavy atom. The van der Waals surface area contributed by atoms with E-state index in [9.17, 15) is 13.2 Å². The number of hydrogen-bond acceptors (Lipinski definition) is 2. The van der Waals surface area contributed by atoms with Crippen LogP contribution in [-0.2, 0) is 12.8 Å². The molecule has 0 saturated heterocycles. The van der Waals surface area contributed by atoms with Crippen LogP contribution in [-0.4, -0.2) is 5.11 Å². The molecule has 0 radical (unpaired) electrons. The van der Waals surface area contributed by atoms with Gasteiger partial charge in [0, 0.05) is 0 Å². The van der Waals surface area contributed by atoms with Crippen molar-refractivity contribution in [1.82, 2.24) is 0 Å². The van der Waals surface area contributed by atoms with Crippen molar-refractivity contribution in [2.45, 2.75) is 19.7 Å². The summed E-state index contributed by atoms with van der Waals surface area (Å²) < 4.78 is 44.1. The third kappa shape index (κ3) is 3.11. The lowest BCUT2D eigenvalue weighted by atomic mass is 10.1. The Labute approximate surface area is 114 Å². The first-order valence-corrected chi connectivity index (χ1v) is 5.96. The third-order valence-electron chi connectivity index (χ3n) is 2.88. The second kappa shape index (κ2) is 5.54. The van der Waals surface area contributed by atoms with E-state index in [1.807, 2.05) is 19.1 Å². The van der Waals surface area contributed by atoms with Crippen molar-refractivity contribution in [3.05, 3.63) is 59.2 Å². The number of hydrogen-bond donors (Lipinski definition) is 1. The summed E-state index contributed by atoms with van der Waals surface area (Å²) in [5, 5.41) is 8.97. The van der Waals surface area contributed by atoms with E-state index < -0.39 is 18.3 Å². The fourth-order valence-electron chi connectivity index (χ4n) is 1.82. The quantitative estimate of drug-likeness (QED) is 0.909. The number of halogens is 3. The van der Waals surface area contributed by atoms with Crippen molar-refractivity contribution in [2.75, 3.05) is 0 Å². The van der Waals surface area contributed by atoms with E-state index in [4.69, 9.17) is 9.84 Å². The standard InChI is InChI=1S/C15H13F3O2/c1-10-4-2-3-5-14(10)20-12-7-6-11(9-19)13(8-12)15(16,17)18/h2-8,19H,9H2,1H3. The van der Waals surface area contributed by atoms with E-state index in [1.165, 1.54) is 12.1 Å². The molecule has 2 aromatic carbocycles. The fourth-order valence-corrected chi connectivity index (χ4v) is 1.82. The Bertz CT molecular complexity index is 606. The SMILES string of the molecule is Cc1ccccc1Oc1ccc(CO)c(C(F)(F)F)c1. The zero-order valence-corrected chi connectivity index (χ0v) is 10.7. The van der Waals surface area contributed by atoms with E-state index in [1.54, 1.807) is 12.1 Å². The maximum atomic E-state index is 12.9. The molecule has 0 bridgehead atoms. The largest absolute Gasteiger partial charge is 0.457 e. The van der Waals surface area contributed by atoms with E-state index in [0.29, 0.717) is 5.75 Å². The van der Waals surface area contributed by atoms with E-state index in [-0.39, 0.29) is 11.3 Å². The number of aliphatic hydroxyl groups excluding tert-OH is 1. The average molecular weight is 282 g/mol. The first kappa shape index (κ1) is 14.4. The van der Waals surface area contributed by atoms with Crippen molar-refractivity contribution in [3.8, 4) is 11.5 Å². The molecule has 0 fully saturated rings.